The van der Waals surface area contributed by atoms with E-state index in [1.165, 1.54) is 0 Å². The van der Waals surface area contributed by atoms with E-state index in [1.54, 1.807) is 36.5 Å². The Morgan fingerprint density at radius 2 is 2.14 bits per heavy atom. The van der Waals surface area contributed by atoms with Crippen LogP contribution in [0.4, 0.5) is 29.1 Å². The molecule has 4 aromatic rings. The second-order valence-corrected chi connectivity index (χ2v) is 8.36. The Bertz CT molecular complexity index is 1340. The first-order chi connectivity index (χ1) is 16.8. The molecule has 1 fully saturated rings. The molecule has 1 aromatic carbocycles. The van der Waals surface area contributed by atoms with Gasteiger partial charge in [0.2, 0.25) is 11.7 Å². The predicted molar refractivity (Wildman–Crippen MR) is 121 cm³/mol. The van der Waals surface area contributed by atoms with E-state index in [0.29, 0.717) is 41.1 Å². The minimum atomic E-state index is -4.49. The molecule has 0 spiro atoms. The zero-order valence-corrected chi connectivity index (χ0v) is 18.7. The molecule has 2 N–H and O–H groups in total. The van der Waals surface area contributed by atoms with Crippen molar-refractivity contribution in [3.63, 3.8) is 0 Å². The number of halogens is 4. The van der Waals surface area contributed by atoms with Crippen LogP contribution in [-0.4, -0.2) is 68.0 Å². The highest BCUT2D eigenvalue weighted by atomic mass is 19.4. The smallest absolute Gasteiger partial charge is 0.361 e. The molecule has 0 radical (unpaired) electrons. The van der Waals surface area contributed by atoms with Gasteiger partial charge in [0.25, 0.3) is 0 Å². The quantitative estimate of drug-likeness (QED) is 0.390. The van der Waals surface area contributed by atoms with Crippen LogP contribution >= 0.6 is 0 Å². The van der Waals surface area contributed by atoms with Crippen LogP contribution in [0.1, 0.15) is 12.3 Å². The van der Waals surface area contributed by atoms with Crippen molar-refractivity contribution in [1.29, 1.82) is 0 Å². The summed E-state index contributed by atoms with van der Waals surface area (Å²) in [4.78, 5) is 10.6. The van der Waals surface area contributed by atoms with E-state index in [-0.39, 0.29) is 30.5 Å². The lowest BCUT2D eigenvalue weighted by Gasteiger charge is -2.26. The monoisotopic (exact) mass is 490 g/mol. The number of piperidine rings is 1. The van der Waals surface area contributed by atoms with Gasteiger partial charge in [-0.3, -0.25) is 10.1 Å². The maximum Gasteiger partial charge on any atom is 0.406 e. The molecule has 5 rings (SSSR count). The van der Waals surface area contributed by atoms with E-state index in [0.717, 1.165) is 4.57 Å². The Kier molecular flexibility index (Phi) is 6.01. The summed E-state index contributed by atoms with van der Waals surface area (Å²) in [5, 5.41) is 13.9. The number of benzene rings is 1. The van der Waals surface area contributed by atoms with Crippen molar-refractivity contribution < 1.29 is 22.1 Å². The number of anilines is 1. The van der Waals surface area contributed by atoms with Crippen molar-refractivity contribution in [2.75, 3.05) is 25.5 Å². The molecule has 0 aliphatic carbocycles. The van der Waals surface area contributed by atoms with Crippen LogP contribution in [0.15, 0.2) is 46.0 Å². The van der Waals surface area contributed by atoms with Gasteiger partial charge in [0, 0.05) is 24.9 Å². The van der Waals surface area contributed by atoms with E-state index >= 15 is 0 Å². The molecule has 13 heteroatoms. The lowest BCUT2D eigenvalue weighted by molar-refractivity contribution is -0.139. The molecule has 35 heavy (non-hydrogen) atoms. The SMILES string of the molecule is CN1CCC(=Nc2cccc3c2cc(-c2noc(CNc4ccn[nH]4)n2)n3CC(F)(F)F)[C@@H](F)C1. The van der Waals surface area contributed by atoms with Crippen LogP contribution in [0.25, 0.3) is 22.4 Å². The number of aliphatic imine (C=N–C) groups is 1. The number of hydrogen-bond acceptors (Lipinski definition) is 7. The lowest BCUT2D eigenvalue weighted by atomic mass is 10.1. The Hall–Kier alpha value is -3.74. The number of nitrogens with zero attached hydrogens (tertiary/aromatic N) is 6. The molecule has 1 aliphatic heterocycles. The van der Waals surface area contributed by atoms with Crippen molar-refractivity contribution in [2.45, 2.75) is 31.9 Å². The molecular weight excluding hydrogens is 468 g/mol. The third kappa shape index (κ3) is 5.04. The zero-order chi connectivity index (χ0) is 24.6. The topological polar surface area (TPSA) is 100 Å². The fourth-order valence-electron chi connectivity index (χ4n) is 4.07. The number of aromatic nitrogens is 5. The third-order valence-electron chi connectivity index (χ3n) is 5.74. The Labute approximate surface area is 196 Å². The molecule has 0 amide bonds. The summed E-state index contributed by atoms with van der Waals surface area (Å²) in [5.74, 6) is 0.818. The Balaban J connectivity index is 1.53. The van der Waals surface area contributed by atoms with Crippen molar-refractivity contribution in [1.82, 2.24) is 29.8 Å². The summed E-state index contributed by atoms with van der Waals surface area (Å²) in [5.41, 5.74) is 1.20. The van der Waals surface area contributed by atoms with Crippen LogP contribution in [0, 0.1) is 0 Å². The van der Waals surface area contributed by atoms with Gasteiger partial charge in [-0.05, 0) is 31.3 Å². The van der Waals surface area contributed by atoms with Gasteiger partial charge < -0.3 is 19.3 Å². The summed E-state index contributed by atoms with van der Waals surface area (Å²) < 4.78 is 61.4. The largest absolute Gasteiger partial charge is 0.406 e. The number of fused-ring (bicyclic) bond motifs is 1. The summed E-state index contributed by atoms with van der Waals surface area (Å²) >= 11 is 0. The minimum absolute atomic E-state index is 0.00752. The first-order valence-corrected chi connectivity index (χ1v) is 10.9. The second-order valence-electron chi connectivity index (χ2n) is 8.36. The Morgan fingerprint density at radius 3 is 2.89 bits per heavy atom. The highest BCUT2D eigenvalue weighted by molar-refractivity contribution is 5.99. The fraction of sp³-hybridized carbons (Fsp3) is 0.364. The summed E-state index contributed by atoms with van der Waals surface area (Å²) in [6.07, 6.45) is -3.71. The maximum atomic E-state index is 14.6. The van der Waals surface area contributed by atoms with Crippen molar-refractivity contribution >= 4 is 28.1 Å². The summed E-state index contributed by atoms with van der Waals surface area (Å²) in [7, 11) is 1.83. The van der Waals surface area contributed by atoms with E-state index in [4.69, 9.17) is 4.52 Å². The van der Waals surface area contributed by atoms with Crippen LogP contribution in [-0.2, 0) is 13.1 Å². The molecule has 1 saturated heterocycles. The minimum Gasteiger partial charge on any atom is -0.361 e. The van der Waals surface area contributed by atoms with E-state index in [9.17, 15) is 17.6 Å². The zero-order valence-electron chi connectivity index (χ0n) is 18.7. The molecular formula is C22H22F4N8O. The summed E-state index contributed by atoms with van der Waals surface area (Å²) in [6.45, 7) is -0.209. The third-order valence-corrected chi connectivity index (χ3v) is 5.74. The number of nitrogens with one attached hydrogen (secondary N) is 2. The van der Waals surface area contributed by atoms with Gasteiger partial charge in [-0.15, -0.1) is 0 Å². The Morgan fingerprint density at radius 1 is 1.29 bits per heavy atom. The molecule has 1 atom stereocenters. The van der Waals surface area contributed by atoms with Gasteiger partial charge in [0.15, 0.2) is 6.17 Å². The number of alkyl halides is 4. The average molecular weight is 490 g/mol. The van der Waals surface area contributed by atoms with Crippen LogP contribution in [0.3, 0.4) is 0 Å². The average Bonchev–Trinajstić information content (AvgIpc) is 3.54. The van der Waals surface area contributed by atoms with Gasteiger partial charge in [0.1, 0.15) is 12.4 Å². The maximum absolute atomic E-state index is 14.6. The van der Waals surface area contributed by atoms with Crippen molar-refractivity contribution in [3.05, 3.63) is 42.4 Å². The fourth-order valence-corrected chi connectivity index (χ4v) is 4.07. The molecule has 184 valence electrons. The lowest BCUT2D eigenvalue weighted by Crippen LogP contribution is -2.39. The molecule has 9 nitrogen and oxygen atoms in total. The number of likely N-dealkylation sites (tertiary alicyclic amines) is 1. The highest BCUT2D eigenvalue weighted by Gasteiger charge is 2.31. The normalized spacial score (nSPS) is 18.5. The molecule has 4 heterocycles. The number of rotatable bonds is 6. The van der Waals surface area contributed by atoms with Crippen molar-refractivity contribution in [2.24, 2.45) is 4.99 Å². The van der Waals surface area contributed by atoms with E-state index in [1.807, 2.05) is 11.9 Å². The van der Waals surface area contributed by atoms with Crippen LogP contribution in [0.5, 0.6) is 0 Å². The predicted octanol–water partition coefficient (Wildman–Crippen LogP) is 4.33. The summed E-state index contributed by atoms with van der Waals surface area (Å²) in [6, 6.07) is 8.08. The standard InChI is InChI=1S/C22H22F4N8O/c1-33-8-6-16(14(23)11-33)29-15-3-2-4-17-13(15)9-18(34(17)12-22(24,25)26)21-30-20(35-32-21)10-27-19-5-7-28-31-19/h2-5,7,9,14H,6,8,10-12H2,1H3,(H2,27,28,31)/t14-/m0/s1. The van der Waals surface area contributed by atoms with Gasteiger partial charge in [-0.2, -0.15) is 23.3 Å². The van der Waals surface area contributed by atoms with Gasteiger partial charge in [-0.25, -0.2) is 4.39 Å². The van der Waals surface area contributed by atoms with Gasteiger partial charge in [-0.1, -0.05) is 11.2 Å². The molecule has 3 aromatic heterocycles. The highest BCUT2D eigenvalue weighted by Crippen LogP contribution is 2.35. The second kappa shape index (κ2) is 9.13. The van der Waals surface area contributed by atoms with Crippen LogP contribution in [0.2, 0.25) is 0 Å². The molecule has 0 saturated carbocycles. The van der Waals surface area contributed by atoms with Crippen LogP contribution < -0.4 is 5.32 Å². The van der Waals surface area contributed by atoms with E-state index < -0.39 is 18.9 Å². The van der Waals surface area contributed by atoms with Crippen molar-refractivity contribution in [3.8, 4) is 11.5 Å². The van der Waals surface area contributed by atoms with E-state index in [2.05, 4.69) is 30.6 Å². The van der Waals surface area contributed by atoms with Gasteiger partial charge in [0.05, 0.1) is 35.4 Å². The molecule has 1 aliphatic rings. The number of hydrogen-bond donors (Lipinski definition) is 2. The molecule has 0 unspecified atom stereocenters. The first kappa shape index (κ1) is 23.0. The number of aromatic amines is 1. The first-order valence-electron chi connectivity index (χ1n) is 10.9. The number of H-pyrrole nitrogens is 1. The van der Waals surface area contributed by atoms with Gasteiger partial charge >= 0.3 is 6.18 Å². The molecule has 0 bridgehead atoms.